The number of nitrogens with zero attached hydrogens (tertiary/aromatic N) is 2. The number of carbonyl (C=O) groups is 2. The van der Waals surface area contributed by atoms with Gasteiger partial charge in [0.15, 0.2) is 0 Å². The molecule has 2 fully saturated rings. The third-order valence-electron chi connectivity index (χ3n) is 7.56. The maximum Gasteiger partial charge on any atom is 0.254 e. The second-order valence-electron chi connectivity index (χ2n) is 9.82. The summed E-state index contributed by atoms with van der Waals surface area (Å²) in [6.07, 6.45) is 12.2. The molecule has 4 rings (SSSR count). The van der Waals surface area contributed by atoms with Crippen molar-refractivity contribution in [3.05, 3.63) is 71.8 Å². The molecule has 0 bridgehead atoms. The third kappa shape index (κ3) is 5.85. The first kappa shape index (κ1) is 23.5. The van der Waals surface area contributed by atoms with Crippen LogP contribution in [-0.2, 0) is 11.2 Å². The Labute approximate surface area is 199 Å². The van der Waals surface area contributed by atoms with Crippen molar-refractivity contribution in [2.45, 2.75) is 88.8 Å². The maximum absolute atomic E-state index is 14.4. The van der Waals surface area contributed by atoms with Crippen molar-refractivity contribution >= 4 is 11.8 Å². The monoisotopic (exact) mass is 446 g/mol. The molecule has 4 heteroatoms. The third-order valence-corrected chi connectivity index (χ3v) is 7.56. The fraction of sp³-hybridized carbons (Fsp3) is 0.517. The molecule has 0 N–H and O–H groups in total. The second kappa shape index (κ2) is 11.5. The lowest BCUT2D eigenvalue weighted by atomic mass is 9.87. The van der Waals surface area contributed by atoms with Gasteiger partial charge < -0.3 is 9.80 Å². The van der Waals surface area contributed by atoms with Crippen LogP contribution >= 0.6 is 0 Å². The Morgan fingerprint density at radius 3 is 1.76 bits per heavy atom. The van der Waals surface area contributed by atoms with E-state index in [0.717, 1.165) is 31.2 Å². The van der Waals surface area contributed by atoms with Crippen molar-refractivity contribution in [3.63, 3.8) is 0 Å². The molecule has 2 aromatic rings. The molecule has 0 radical (unpaired) electrons. The van der Waals surface area contributed by atoms with Crippen LogP contribution in [0, 0.1) is 0 Å². The quantitative estimate of drug-likeness (QED) is 0.534. The zero-order chi connectivity index (χ0) is 23.0. The number of hydrogen-bond donors (Lipinski definition) is 0. The topological polar surface area (TPSA) is 40.6 Å². The highest BCUT2D eigenvalue weighted by Crippen LogP contribution is 2.32. The molecule has 0 aliphatic heterocycles. The zero-order valence-electron chi connectivity index (χ0n) is 20.0. The first-order chi connectivity index (χ1) is 16.1. The molecule has 1 atom stereocenters. The van der Waals surface area contributed by atoms with E-state index in [9.17, 15) is 9.59 Å². The van der Waals surface area contributed by atoms with E-state index in [1.165, 1.54) is 38.5 Å². The predicted molar refractivity (Wildman–Crippen MR) is 133 cm³/mol. The zero-order valence-corrected chi connectivity index (χ0v) is 20.0. The fourth-order valence-corrected chi connectivity index (χ4v) is 5.70. The lowest BCUT2D eigenvalue weighted by molar-refractivity contribution is -0.142. The van der Waals surface area contributed by atoms with Crippen molar-refractivity contribution in [1.29, 1.82) is 0 Å². The van der Waals surface area contributed by atoms with Crippen molar-refractivity contribution in [3.8, 4) is 0 Å². The van der Waals surface area contributed by atoms with E-state index in [2.05, 4.69) is 17.0 Å². The number of carbonyl (C=O) groups excluding carboxylic acids is 2. The van der Waals surface area contributed by atoms with Crippen LogP contribution in [0.2, 0.25) is 0 Å². The van der Waals surface area contributed by atoms with Gasteiger partial charge in [-0.1, -0.05) is 87.1 Å². The molecule has 176 valence electrons. The van der Waals surface area contributed by atoms with Gasteiger partial charge in [0.1, 0.15) is 6.04 Å². The Hall–Kier alpha value is -2.62. The van der Waals surface area contributed by atoms with Gasteiger partial charge in [-0.3, -0.25) is 9.59 Å². The molecule has 0 saturated heterocycles. The average molecular weight is 447 g/mol. The Kier molecular flexibility index (Phi) is 8.20. The van der Waals surface area contributed by atoms with Crippen molar-refractivity contribution in [2.75, 3.05) is 7.05 Å². The molecule has 2 amide bonds. The molecule has 2 saturated carbocycles. The number of rotatable bonds is 7. The lowest BCUT2D eigenvalue weighted by Gasteiger charge is -2.44. The minimum atomic E-state index is -0.496. The van der Waals surface area contributed by atoms with Crippen LogP contribution in [0.25, 0.3) is 0 Å². The molecule has 0 spiro atoms. The molecule has 0 heterocycles. The van der Waals surface area contributed by atoms with Gasteiger partial charge in [0.2, 0.25) is 5.91 Å². The van der Waals surface area contributed by atoms with Crippen molar-refractivity contribution < 1.29 is 9.59 Å². The summed E-state index contributed by atoms with van der Waals surface area (Å²) < 4.78 is 0. The van der Waals surface area contributed by atoms with E-state index >= 15 is 0 Å². The van der Waals surface area contributed by atoms with Gasteiger partial charge in [0.25, 0.3) is 5.91 Å². The van der Waals surface area contributed by atoms with Crippen molar-refractivity contribution in [2.24, 2.45) is 0 Å². The summed E-state index contributed by atoms with van der Waals surface area (Å²) in [4.78, 5) is 31.7. The number of likely N-dealkylation sites (N-methyl/N-ethyl adjacent to an activating group) is 1. The molecule has 2 aromatic carbocycles. The molecular weight excluding hydrogens is 408 g/mol. The summed E-state index contributed by atoms with van der Waals surface area (Å²) in [5, 5.41) is 0. The van der Waals surface area contributed by atoms with Gasteiger partial charge >= 0.3 is 0 Å². The minimum Gasteiger partial charge on any atom is -0.335 e. The van der Waals surface area contributed by atoms with Crippen LogP contribution < -0.4 is 0 Å². The smallest absolute Gasteiger partial charge is 0.254 e. The van der Waals surface area contributed by atoms with Crippen LogP contribution in [0.4, 0.5) is 0 Å². The SMILES string of the molecule is CN(C(=O)c1ccccc1)C(Cc1ccccc1)C(=O)N(C1CCCCC1)C1CCCCC1. The van der Waals surface area contributed by atoms with Crippen LogP contribution in [-0.4, -0.2) is 46.8 Å². The number of amides is 2. The van der Waals surface area contributed by atoms with Crippen LogP contribution in [0.15, 0.2) is 60.7 Å². The summed E-state index contributed by atoms with van der Waals surface area (Å²) in [5.41, 5.74) is 1.73. The summed E-state index contributed by atoms with van der Waals surface area (Å²) in [7, 11) is 1.81. The highest BCUT2D eigenvalue weighted by atomic mass is 16.2. The fourth-order valence-electron chi connectivity index (χ4n) is 5.70. The predicted octanol–water partition coefficient (Wildman–Crippen LogP) is 5.86. The molecule has 1 unspecified atom stereocenters. The normalized spacial score (nSPS) is 18.5. The van der Waals surface area contributed by atoms with Gasteiger partial charge in [0, 0.05) is 31.1 Å². The van der Waals surface area contributed by atoms with E-state index in [1.807, 2.05) is 48.5 Å². The van der Waals surface area contributed by atoms with Gasteiger partial charge in [0.05, 0.1) is 0 Å². The van der Waals surface area contributed by atoms with Gasteiger partial charge in [-0.2, -0.15) is 0 Å². The van der Waals surface area contributed by atoms with Gasteiger partial charge in [-0.25, -0.2) is 0 Å². The molecule has 33 heavy (non-hydrogen) atoms. The molecule has 4 nitrogen and oxygen atoms in total. The van der Waals surface area contributed by atoms with E-state index in [-0.39, 0.29) is 11.8 Å². The second-order valence-corrected chi connectivity index (χ2v) is 9.82. The van der Waals surface area contributed by atoms with Crippen molar-refractivity contribution in [1.82, 2.24) is 9.80 Å². The van der Waals surface area contributed by atoms with E-state index in [1.54, 1.807) is 11.9 Å². The number of hydrogen-bond acceptors (Lipinski definition) is 2. The molecular formula is C29H38N2O2. The summed E-state index contributed by atoms with van der Waals surface area (Å²) >= 11 is 0. The standard InChI is InChI=1S/C29H38N2O2/c1-30(28(32)24-16-8-3-9-17-24)27(22-23-14-6-2-7-15-23)29(33)31(25-18-10-4-11-19-25)26-20-12-5-13-21-26/h2-3,6-9,14-17,25-27H,4-5,10-13,18-22H2,1H3. The largest absolute Gasteiger partial charge is 0.335 e. The van der Waals surface area contributed by atoms with Crippen LogP contribution in [0.1, 0.15) is 80.1 Å². The highest BCUT2D eigenvalue weighted by Gasteiger charge is 2.38. The van der Waals surface area contributed by atoms with E-state index in [4.69, 9.17) is 0 Å². The maximum atomic E-state index is 14.4. The molecule has 0 aromatic heterocycles. The van der Waals surface area contributed by atoms with Gasteiger partial charge in [-0.15, -0.1) is 0 Å². The Balaban J connectivity index is 1.65. The Morgan fingerprint density at radius 2 is 1.24 bits per heavy atom. The van der Waals surface area contributed by atoms with E-state index < -0.39 is 6.04 Å². The van der Waals surface area contributed by atoms with Crippen LogP contribution in [0.5, 0.6) is 0 Å². The lowest BCUT2D eigenvalue weighted by Crippen LogP contribution is -2.57. The summed E-state index contributed by atoms with van der Waals surface area (Å²) in [6, 6.07) is 19.6. The Morgan fingerprint density at radius 1 is 0.758 bits per heavy atom. The molecule has 2 aliphatic carbocycles. The summed E-state index contributed by atoms with van der Waals surface area (Å²) in [5.74, 6) is 0.0570. The van der Waals surface area contributed by atoms with Crippen LogP contribution in [0.3, 0.4) is 0 Å². The first-order valence-electron chi connectivity index (χ1n) is 12.8. The van der Waals surface area contributed by atoms with E-state index in [0.29, 0.717) is 24.1 Å². The first-order valence-corrected chi connectivity index (χ1v) is 12.8. The Bertz CT molecular complexity index is 868. The van der Waals surface area contributed by atoms with Gasteiger partial charge in [-0.05, 0) is 43.4 Å². The summed E-state index contributed by atoms with van der Waals surface area (Å²) in [6.45, 7) is 0. The highest BCUT2D eigenvalue weighted by molar-refractivity contribution is 5.97. The molecule has 2 aliphatic rings. The average Bonchev–Trinajstić information content (AvgIpc) is 2.89. The number of benzene rings is 2. The minimum absolute atomic E-state index is 0.0860.